The largest absolute Gasteiger partial charge is 0.478 e. The quantitative estimate of drug-likeness (QED) is 0.704. The zero-order chi connectivity index (χ0) is 13.1. The number of anilines is 2. The number of rotatable bonds is 4. The van der Waals surface area contributed by atoms with Gasteiger partial charge in [0.1, 0.15) is 0 Å². The SMILES string of the molecule is CN1CCCC1CNc1ccc(N)c(C(=O)O)c1. The molecule has 4 N–H and O–H groups in total. The number of nitrogens with one attached hydrogen (secondary N) is 1. The minimum atomic E-state index is -0.992. The van der Waals surface area contributed by atoms with Crippen LogP contribution in [0.4, 0.5) is 11.4 Å². The number of likely N-dealkylation sites (N-methyl/N-ethyl adjacent to an activating group) is 1. The van der Waals surface area contributed by atoms with E-state index in [0.717, 1.165) is 18.8 Å². The Kier molecular flexibility index (Phi) is 3.72. The molecule has 1 fully saturated rings. The van der Waals surface area contributed by atoms with E-state index in [4.69, 9.17) is 10.8 Å². The molecule has 0 saturated carbocycles. The molecule has 18 heavy (non-hydrogen) atoms. The van der Waals surface area contributed by atoms with Crippen LogP contribution in [0.25, 0.3) is 0 Å². The third kappa shape index (κ3) is 2.73. The van der Waals surface area contributed by atoms with E-state index in [9.17, 15) is 4.79 Å². The van der Waals surface area contributed by atoms with Crippen molar-refractivity contribution in [1.82, 2.24) is 4.90 Å². The van der Waals surface area contributed by atoms with E-state index in [2.05, 4.69) is 17.3 Å². The molecule has 1 aromatic carbocycles. The molecule has 1 aliphatic rings. The molecule has 0 bridgehead atoms. The van der Waals surface area contributed by atoms with Gasteiger partial charge in [-0.3, -0.25) is 0 Å². The second-order valence-electron chi connectivity index (χ2n) is 4.76. The predicted octanol–water partition coefficient (Wildman–Crippen LogP) is 1.47. The van der Waals surface area contributed by atoms with Gasteiger partial charge in [0.25, 0.3) is 0 Å². The summed E-state index contributed by atoms with van der Waals surface area (Å²) in [4.78, 5) is 13.3. The van der Waals surface area contributed by atoms with Crippen molar-refractivity contribution in [3.05, 3.63) is 23.8 Å². The molecule has 1 heterocycles. The van der Waals surface area contributed by atoms with Crippen molar-refractivity contribution in [2.75, 3.05) is 31.2 Å². The van der Waals surface area contributed by atoms with Crippen LogP contribution < -0.4 is 11.1 Å². The second-order valence-corrected chi connectivity index (χ2v) is 4.76. The number of carboxylic acids is 1. The minimum Gasteiger partial charge on any atom is -0.478 e. The Morgan fingerprint density at radius 2 is 2.39 bits per heavy atom. The highest BCUT2D eigenvalue weighted by atomic mass is 16.4. The number of hydrogen-bond acceptors (Lipinski definition) is 4. The fourth-order valence-corrected chi connectivity index (χ4v) is 2.32. The van der Waals surface area contributed by atoms with Crippen LogP contribution in [0.2, 0.25) is 0 Å². The van der Waals surface area contributed by atoms with Gasteiger partial charge in [0.05, 0.1) is 5.56 Å². The monoisotopic (exact) mass is 249 g/mol. The van der Waals surface area contributed by atoms with Crippen molar-refractivity contribution in [3.8, 4) is 0 Å². The van der Waals surface area contributed by atoms with Gasteiger partial charge in [0, 0.05) is 24.0 Å². The average Bonchev–Trinajstić information content (AvgIpc) is 2.73. The molecule has 5 heteroatoms. The lowest BCUT2D eigenvalue weighted by Crippen LogP contribution is -2.31. The topological polar surface area (TPSA) is 78.6 Å². The van der Waals surface area contributed by atoms with Gasteiger partial charge in [-0.1, -0.05) is 0 Å². The van der Waals surface area contributed by atoms with E-state index in [1.807, 2.05) is 6.07 Å². The first kappa shape index (κ1) is 12.7. The zero-order valence-corrected chi connectivity index (χ0v) is 10.5. The van der Waals surface area contributed by atoms with Gasteiger partial charge in [0.2, 0.25) is 0 Å². The summed E-state index contributed by atoms with van der Waals surface area (Å²) in [7, 11) is 2.12. The van der Waals surface area contributed by atoms with Crippen molar-refractivity contribution in [2.24, 2.45) is 0 Å². The third-order valence-corrected chi connectivity index (χ3v) is 3.50. The summed E-state index contributed by atoms with van der Waals surface area (Å²) in [5.74, 6) is -0.992. The molecule has 1 saturated heterocycles. The number of nitrogens with two attached hydrogens (primary N) is 1. The second kappa shape index (κ2) is 5.27. The fraction of sp³-hybridized carbons (Fsp3) is 0.462. The van der Waals surface area contributed by atoms with Crippen molar-refractivity contribution >= 4 is 17.3 Å². The number of nitrogen functional groups attached to an aromatic ring is 1. The van der Waals surface area contributed by atoms with Crippen molar-refractivity contribution in [3.63, 3.8) is 0 Å². The Morgan fingerprint density at radius 3 is 3.00 bits per heavy atom. The van der Waals surface area contributed by atoms with Crippen LogP contribution in [0, 0.1) is 0 Å². The van der Waals surface area contributed by atoms with Gasteiger partial charge in [-0.05, 0) is 44.6 Å². The summed E-state index contributed by atoms with van der Waals surface area (Å²) >= 11 is 0. The molecular formula is C13H19N3O2. The maximum atomic E-state index is 11.0. The number of aromatic carboxylic acids is 1. The van der Waals surface area contributed by atoms with Crippen LogP contribution in [0.5, 0.6) is 0 Å². The highest BCUT2D eigenvalue weighted by Gasteiger charge is 2.20. The number of carboxylic acid groups (broad SMARTS) is 1. The molecular weight excluding hydrogens is 230 g/mol. The van der Waals surface area contributed by atoms with E-state index < -0.39 is 5.97 Å². The number of nitrogens with zero attached hydrogens (tertiary/aromatic N) is 1. The van der Waals surface area contributed by atoms with Crippen LogP contribution in [0.3, 0.4) is 0 Å². The average molecular weight is 249 g/mol. The number of benzene rings is 1. The first-order valence-corrected chi connectivity index (χ1v) is 6.15. The molecule has 1 aromatic rings. The van der Waals surface area contributed by atoms with E-state index in [0.29, 0.717) is 11.7 Å². The Labute approximate surface area is 107 Å². The molecule has 0 spiro atoms. The van der Waals surface area contributed by atoms with E-state index in [1.165, 1.54) is 12.8 Å². The van der Waals surface area contributed by atoms with Gasteiger partial charge in [-0.25, -0.2) is 4.79 Å². The lowest BCUT2D eigenvalue weighted by molar-refractivity contribution is 0.0698. The van der Waals surface area contributed by atoms with Gasteiger partial charge < -0.3 is 21.1 Å². The van der Waals surface area contributed by atoms with Gasteiger partial charge in [0.15, 0.2) is 0 Å². The van der Waals surface area contributed by atoms with Crippen LogP contribution in [0.1, 0.15) is 23.2 Å². The molecule has 1 unspecified atom stereocenters. The minimum absolute atomic E-state index is 0.153. The van der Waals surface area contributed by atoms with Crippen LogP contribution in [-0.2, 0) is 0 Å². The van der Waals surface area contributed by atoms with Crippen LogP contribution >= 0.6 is 0 Å². The molecule has 0 aromatic heterocycles. The van der Waals surface area contributed by atoms with E-state index in [-0.39, 0.29) is 5.56 Å². The molecule has 1 atom stereocenters. The van der Waals surface area contributed by atoms with E-state index >= 15 is 0 Å². The Bertz CT molecular complexity index is 448. The van der Waals surface area contributed by atoms with Crippen molar-refractivity contribution in [2.45, 2.75) is 18.9 Å². The van der Waals surface area contributed by atoms with Gasteiger partial charge in [-0.2, -0.15) is 0 Å². The summed E-state index contributed by atoms with van der Waals surface area (Å²) < 4.78 is 0. The maximum absolute atomic E-state index is 11.0. The Balaban J connectivity index is 2.01. The third-order valence-electron chi connectivity index (χ3n) is 3.50. The first-order chi connectivity index (χ1) is 8.58. The summed E-state index contributed by atoms with van der Waals surface area (Å²) in [6.45, 7) is 1.97. The van der Waals surface area contributed by atoms with Crippen LogP contribution in [-0.4, -0.2) is 42.2 Å². The molecule has 98 valence electrons. The molecule has 5 nitrogen and oxygen atoms in total. The molecule has 0 aliphatic carbocycles. The maximum Gasteiger partial charge on any atom is 0.337 e. The van der Waals surface area contributed by atoms with Gasteiger partial charge in [-0.15, -0.1) is 0 Å². The summed E-state index contributed by atoms with van der Waals surface area (Å²) in [5, 5.41) is 12.3. The fourth-order valence-electron chi connectivity index (χ4n) is 2.32. The lowest BCUT2D eigenvalue weighted by atomic mass is 10.1. The molecule has 1 aliphatic heterocycles. The zero-order valence-electron chi connectivity index (χ0n) is 10.5. The first-order valence-electron chi connectivity index (χ1n) is 6.15. The number of likely N-dealkylation sites (tertiary alicyclic amines) is 1. The lowest BCUT2D eigenvalue weighted by Gasteiger charge is -2.20. The molecule has 2 rings (SSSR count). The van der Waals surface area contributed by atoms with Crippen molar-refractivity contribution < 1.29 is 9.90 Å². The summed E-state index contributed by atoms with van der Waals surface area (Å²) in [6, 6.07) is 5.56. The summed E-state index contributed by atoms with van der Waals surface area (Å²) in [6.07, 6.45) is 2.41. The predicted molar refractivity (Wildman–Crippen MR) is 72.0 cm³/mol. The molecule has 0 radical (unpaired) electrons. The van der Waals surface area contributed by atoms with E-state index in [1.54, 1.807) is 12.1 Å². The number of hydrogen-bond donors (Lipinski definition) is 3. The Morgan fingerprint density at radius 1 is 1.61 bits per heavy atom. The summed E-state index contributed by atoms with van der Waals surface area (Å²) in [5.41, 5.74) is 6.87. The van der Waals surface area contributed by atoms with Crippen molar-refractivity contribution in [1.29, 1.82) is 0 Å². The molecule has 0 amide bonds. The Hall–Kier alpha value is -1.75. The normalized spacial score (nSPS) is 19.9. The standard InChI is InChI=1S/C13H19N3O2/c1-16-6-2-3-10(16)8-15-9-4-5-12(14)11(7-9)13(17)18/h4-5,7,10,15H,2-3,6,8,14H2,1H3,(H,17,18). The van der Waals surface area contributed by atoms with Gasteiger partial charge >= 0.3 is 5.97 Å². The highest BCUT2D eigenvalue weighted by molar-refractivity contribution is 5.94. The smallest absolute Gasteiger partial charge is 0.337 e. The van der Waals surface area contributed by atoms with Crippen LogP contribution in [0.15, 0.2) is 18.2 Å². The highest BCUT2D eigenvalue weighted by Crippen LogP contribution is 2.20. The number of carbonyl (C=O) groups is 1.